The van der Waals surface area contributed by atoms with Gasteiger partial charge in [0.15, 0.2) is 0 Å². The Balaban J connectivity index is 2.35. The molecule has 0 radical (unpaired) electrons. The molecule has 0 spiro atoms. The smallest absolute Gasteiger partial charge is 0.127 e. The number of nitrogens with one attached hydrogen (secondary N) is 1. The van der Waals surface area contributed by atoms with E-state index in [1.54, 1.807) is 7.11 Å². The Bertz CT molecular complexity index is 605. The highest BCUT2D eigenvalue weighted by atomic mass is 16.5. The van der Waals surface area contributed by atoms with Crippen molar-refractivity contribution in [1.29, 1.82) is 0 Å². The van der Waals surface area contributed by atoms with Gasteiger partial charge in [-0.15, -0.1) is 0 Å². The molecule has 2 aromatic rings. The standard InChI is InChI=1S/C17H21NO/c1-11-8-9-15(18-2)14-10-16(19-3)12-6-4-5-7-13(12)17(11)14/h4-7,10-11,15,18H,8-9H2,1-3H3. The van der Waals surface area contributed by atoms with Crippen LogP contribution in [0.25, 0.3) is 10.8 Å². The molecule has 0 heterocycles. The fraction of sp³-hybridized carbons (Fsp3) is 0.412. The first kappa shape index (κ1) is 12.5. The van der Waals surface area contributed by atoms with E-state index in [0.717, 1.165) is 5.75 Å². The molecule has 0 saturated carbocycles. The number of methoxy groups -OCH3 is 1. The highest BCUT2D eigenvalue weighted by molar-refractivity contribution is 5.93. The lowest BCUT2D eigenvalue weighted by Gasteiger charge is -2.31. The van der Waals surface area contributed by atoms with E-state index in [2.05, 4.69) is 42.6 Å². The van der Waals surface area contributed by atoms with E-state index in [1.807, 2.05) is 7.05 Å². The first-order valence-electron chi connectivity index (χ1n) is 7.03. The van der Waals surface area contributed by atoms with Crippen molar-refractivity contribution in [2.24, 2.45) is 0 Å². The van der Waals surface area contributed by atoms with Crippen LogP contribution in [0.1, 0.15) is 42.9 Å². The van der Waals surface area contributed by atoms with Gasteiger partial charge in [-0.05, 0) is 48.4 Å². The first-order chi connectivity index (χ1) is 9.26. The lowest BCUT2D eigenvalue weighted by molar-refractivity contribution is 0.414. The van der Waals surface area contributed by atoms with Crippen LogP contribution in [-0.2, 0) is 0 Å². The van der Waals surface area contributed by atoms with E-state index in [-0.39, 0.29) is 0 Å². The minimum absolute atomic E-state index is 0.449. The summed E-state index contributed by atoms with van der Waals surface area (Å²) >= 11 is 0. The second-order valence-corrected chi connectivity index (χ2v) is 5.45. The van der Waals surface area contributed by atoms with Gasteiger partial charge in [-0.2, -0.15) is 0 Å². The van der Waals surface area contributed by atoms with Crippen molar-refractivity contribution in [3.63, 3.8) is 0 Å². The average molecular weight is 255 g/mol. The van der Waals surface area contributed by atoms with E-state index >= 15 is 0 Å². The molecular formula is C17H21NO. The molecule has 0 aromatic heterocycles. The van der Waals surface area contributed by atoms with Crippen molar-refractivity contribution in [3.05, 3.63) is 41.5 Å². The van der Waals surface area contributed by atoms with Crippen LogP contribution < -0.4 is 10.1 Å². The number of hydrogen-bond acceptors (Lipinski definition) is 2. The van der Waals surface area contributed by atoms with E-state index in [1.165, 1.54) is 34.7 Å². The molecule has 0 bridgehead atoms. The third kappa shape index (κ3) is 1.91. The maximum atomic E-state index is 5.59. The lowest BCUT2D eigenvalue weighted by Crippen LogP contribution is -2.23. The Labute approximate surface area is 114 Å². The van der Waals surface area contributed by atoms with Gasteiger partial charge in [0.05, 0.1) is 7.11 Å². The Hall–Kier alpha value is -1.54. The van der Waals surface area contributed by atoms with Crippen LogP contribution in [0.3, 0.4) is 0 Å². The van der Waals surface area contributed by atoms with E-state index in [9.17, 15) is 0 Å². The maximum Gasteiger partial charge on any atom is 0.127 e. The zero-order valence-electron chi connectivity index (χ0n) is 11.9. The van der Waals surface area contributed by atoms with Crippen LogP contribution in [0, 0.1) is 0 Å². The van der Waals surface area contributed by atoms with E-state index in [0.29, 0.717) is 12.0 Å². The molecule has 2 atom stereocenters. The van der Waals surface area contributed by atoms with Crippen molar-refractivity contribution >= 4 is 10.8 Å². The number of fused-ring (bicyclic) bond motifs is 3. The van der Waals surface area contributed by atoms with E-state index < -0.39 is 0 Å². The molecular weight excluding hydrogens is 234 g/mol. The normalized spacial score (nSPS) is 22.3. The van der Waals surface area contributed by atoms with Crippen molar-refractivity contribution in [2.45, 2.75) is 31.7 Å². The van der Waals surface area contributed by atoms with Gasteiger partial charge in [0.25, 0.3) is 0 Å². The molecule has 0 amide bonds. The average Bonchev–Trinajstić information content (AvgIpc) is 2.46. The molecule has 1 N–H and O–H groups in total. The summed E-state index contributed by atoms with van der Waals surface area (Å²) in [5.74, 6) is 1.61. The van der Waals surface area contributed by atoms with E-state index in [4.69, 9.17) is 4.74 Å². The van der Waals surface area contributed by atoms with Crippen LogP contribution >= 0.6 is 0 Å². The van der Waals surface area contributed by atoms with Gasteiger partial charge in [0, 0.05) is 11.4 Å². The summed E-state index contributed by atoms with van der Waals surface area (Å²) in [6.45, 7) is 2.34. The van der Waals surface area contributed by atoms with Crippen molar-refractivity contribution in [2.75, 3.05) is 14.2 Å². The summed E-state index contributed by atoms with van der Waals surface area (Å²) in [5, 5.41) is 6.02. The second-order valence-electron chi connectivity index (χ2n) is 5.45. The number of hydrogen-bond donors (Lipinski definition) is 1. The van der Waals surface area contributed by atoms with Gasteiger partial charge in [0.1, 0.15) is 5.75 Å². The lowest BCUT2D eigenvalue weighted by atomic mass is 9.78. The summed E-state index contributed by atoms with van der Waals surface area (Å²) in [6, 6.07) is 11.3. The SMILES string of the molecule is CNC1CCC(C)c2c1cc(OC)c1ccccc21. The highest BCUT2D eigenvalue weighted by Gasteiger charge is 2.26. The molecule has 2 nitrogen and oxygen atoms in total. The zero-order valence-corrected chi connectivity index (χ0v) is 11.9. The first-order valence-corrected chi connectivity index (χ1v) is 7.03. The summed E-state index contributed by atoms with van der Waals surface area (Å²) in [4.78, 5) is 0. The zero-order chi connectivity index (χ0) is 13.4. The maximum absolute atomic E-state index is 5.59. The topological polar surface area (TPSA) is 21.3 Å². The summed E-state index contributed by atoms with van der Waals surface area (Å²) < 4.78 is 5.59. The Kier molecular flexibility index (Phi) is 3.19. The molecule has 2 aromatic carbocycles. The third-order valence-corrected chi connectivity index (χ3v) is 4.41. The Morgan fingerprint density at radius 2 is 1.89 bits per heavy atom. The fourth-order valence-electron chi connectivity index (χ4n) is 3.41. The molecule has 2 heteroatoms. The van der Waals surface area contributed by atoms with Gasteiger partial charge < -0.3 is 10.1 Å². The van der Waals surface area contributed by atoms with Gasteiger partial charge in [-0.25, -0.2) is 0 Å². The van der Waals surface area contributed by atoms with Crippen molar-refractivity contribution in [3.8, 4) is 5.75 Å². The predicted octanol–water partition coefficient (Wildman–Crippen LogP) is 4.01. The largest absolute Gasteiger partial charge is 0.496 e. The van der Waals surface area contributed by atoms with Gasteiger partial charge in [-0.3, -0.25) is 0 Å². The van der Waals surface area contributed by atoms with Gasteiger partial charge in [0.2, 0.25) is 0 Å². The summed E-state index contributed by atoms with van der Waals surface area (Å²) in [6.07, 6.45) is 2.45. The molecule has 0 fully saturated rings. The molecule has 3 rings (SSSR count). The number of rotatable bonds is 2. The summed E-state index contributed by atoms with van der Waals surface area (Å²) in [5.41, 5.74) is 2.92. The highest BCUT2D eigenvalue weighted by Crippen LogP contribution is 2.44. The minimum atomic E-state index is 0.449. The van der Waals surface area contributed by atoms with Crippen LogP contribution in [0.5, 0.6) is 5.75 Å². The molecule has 100 valence electrons. The predicted molar refractivity (Wildman–Crippen MR) is 79.9 cm³/mol. The summed E-state index contributed by atoms with van der Waals surface area (Å²) in [7, 11) is 3.81. The van der Waals surface area contributed by atoms with Crippen LogP contribution in [0.2, 0.25) is 0 Å². The monoisotopic (exact) mass is 255 g/mol. The minimum Gasteiger partial charge on any atom is -0.496 e. The molecule has 2 unspecified atom stereocenters. The quantitative estimate of drug-likeness (QED) is 0.875. The number of benzene rings is 2. The molecule has 19 heavy (non-hydrogen) atoms. The Morgan fingerprint density at radius 1 is 1.16 bits per heavy atom. The van der Waals surface area contributed by atoms with Gasteiger partial charge >= 0.3 is 0 Å². The number of ether oxygens (including phenoxy) is 1. The van der Waals surface area contributed by atoms with Crippen molar-refractivity contribution < 1.29 is 4.74 Å². The van der Waals surface area contributed by atoms with Crippen LogP contribution in [0.4, 0.5) is 0 Å². The van der Waals surface area contributed by atoms with Crippen LogP contribution in [-0.4, -0.2) is 14.2 Å². The molecule has 1 aliphatic rings. The van der Waals surface area contributed by atoms with Crippen molar-refractivity contribution in [1.82, 2.24) is 5.32 Å². The fourth-order valence-corrected chi connectivity index (χ4v) is 3.41. The molecule has 0 aliphatic heterocycles. The van der Waals surface area contributed by atoms with Crippen LogP contribution in [0.15, 0.2) is 30.3 Å². The Morgan fingerprint density at radius 3 is 2.58 bits per heavy atom. The molecule has 1 aliphatic carbocycles. The van der Waals surface area contributed by atoms with Gasteiger partial charge in [-0.1, -0.05) is 31.2 Å². The third-order valence-electron chi connectivity index (χ3n) is 4.41. The molecule has 0 saturated heterocycles. The second kappa shape index (κ2) is 4.86.